The number of allylic oxidation sites excluding steroid dienone is 2. The third-order valence-corrected chi connectivity index (χ3v) is 9.48. The first kappa shape index (κ1) is 38.1. The molecule has 286 valence electrons. The molecule has 0 fully saturated rings. The third kappa shape index (κ3) is 7.60. The van der Waals surface area contributed by atoms with Crippen LogP contribution in [0.2, 0.25) is 0 Å². The number of hydrogen-bond acceptors (Lipinski definition) is 13. The SMILES string of the molecule is CCc1nc(-c2nc3cc(C(N)=O)cc(OCCCO)c3n2C/C=C/Cn2c(=NC(=O)c3ocnc3CC)sc3cc(C(N)=O)cc(OC)c32)oc1C(N)=O. The minimum atomic E-state index is -0.797. The van der Waals surface area contributed by atoms with Crippen molar-refractivity contribution in [2.75, 3.05) is 20.3 Å². The van der Waals surface area contributed by atoms with Gasteiger partial charge in [-0.3, -0.25) is 19.2 Å². The molecule has 0 aliphatic heterocycles. The predicted octanol–water partition coefficient (Wildman–Crippen LogP) is 2.88. The highest BCUT2D eigenvalue weighted by molar-refractivity contribution is 7.16. The van der Waals surface area contributed by atoms with Crippen molar-refractivity contribution in [3.8, 4) is 23.2 Å². The summed E-state index contributed by atoms with van der Waals surface area (Å²) < 4.78 is 26.9. The molecule has 55 heavy (non-hydrogen) atoms. The summed E-state index contributed by atoms with van der Waals surface area (Å²) in [6, 6.07) is 6.10. The fraction of sp³-hybridized carbons (Fsp3) is 0.278. The zero-order valence-electron chi connectivity index (χ0n) is 30.0. The Morgan fingerprint density at radius 3 is 2.22 bits per heavy atom. The van der Waals surface area contributed by atoms with E-state index in [1.54, 1.807) is 28.2 Å². The molecule has 0 radical (unpaired) electrons. The number of nitrogens with two attached hydrogens (primary N) is 3. The van der Waals surface area contributed by atoms with Crippen molar-refractivity contribution >= 4 is 56.2 Å². The molecular weight excluding hydrogens is 735 g/mol. The lowest BCUT2D eigenvalue weighted by molar-refractivity contribution is 0.0964. The quantitative estimate of drug-likeness (QED) is 0.0817. The molecule has 18 nitrogen and oxygen atoms in total. The Bertz CT molecular complexity index is 2560. The fourth-order valence-corrected chi connectivity index (χ4v) is 6.96. The molecule has 0 aliphatic rings. The number of fused-ring (bicyclic) bond motifs is 2. The number of rotatable bonds is 16. The van der Waals surface area contributed by atoms with Gasteiger partial charge in [0.1, 0.15) is 22.5 Å². The number of carbonyl (C=O) groups excluding carboxylic acids is 4. The van der Waals surface area contributed by atoms with E-state index in [2.05, 4.69) is 15.0 Å². The number of aryl methyl sites for hydroxylation is 2. The Morgan fingerprint density at radius 2 is 1.58 bits per heavy atom. The average molecular weight is 772 g/mol. The maximum atomic E-state index is 13.3. The van der Waals surface area contributed by atoms with Crippen molar-refractivity contribution < 1.29 is 42.6 Å². The number of aliphatic hydroxyl groups excluding tert-OH is 1. The van der Waals surface area contributed by atoms with Gasteiger partial charge in [0.05, 0.1) is 35.3 Å². The highest BCUT2D eigenvalue weighted by Gasteiger charge is 2.25. The summed E-state index contributed by atoms with van der Waals surface area (Å²) in [6.45, 7) is 3.92. The van der Waals surface area contributed by atoms with Crippen molar-refractivity contribution in [2.45, 2.75) is 46.2 Å². The maximum Gasteiger partial charge on any atom is 0.317 e. The number of aliphatic hydroxyl groups is 1. The van der Waals surface area contributed by atoms with Gasteiger partial charge >= 0.3 is 5.91 Å². The molecule has 4 amide bonds. The van der Waals surface area contributed by atoms with Gasteiger partial charge in [-0.05, 0) is 37.1 Å². The Hall–Kier alpha value is -6.60. The first-order valence-electron chi connectivity index (χ1n) is 17.0. The molecule has 0 saturated heterocycles. The number of primary amides is 3. The summed E-state index contributed by atoms with van der Waals surface area (Å²) >= 11 is 1.15. The molecule has 4 heterocycles. The van der Waals surface area contributed by atoms with Crippen LogP contribution < -0.4 is 31.5 Å². The molecule has 0 saturated carbocycles. The monoisotopic (exact) mass is 771 g/mol. The number of imidazole rings is 1. The lowest BCUT2D eigenvalue weighted by atomic mass is 10.1. The smallest absolute Gasteiger partial charge is 0.317 e. The Kier molecular flexibility index (Phi) is 11.2. The van der Waals surface area contributed by atoms with Crippen LogP contribution in [0.25, 0.3) is 33.0 Å². The largest absolute Gasteiger partial charge is 0.494 e. The third-order valence-electron chi connectivity index (χ3n) is 8.46. The van der Waals surface area contributed by atoms with Gasteiger partial charge in [0, 0.05) is 37.2 Å². The van der Waals surface area contributed by atoms with Crippen molar-refractivity contribution in [3.05, 3.63) is 81.6 Å². The standard InChI is InChI=1S/C36H37N9O9S/c1-4-20-29(53-17-40-20)34(50)43-36-45(27-23(51-3)14-19(31(38)48)16-25(27)55-36)10-7-6-9-44-26-22(13-18(30(37)47)15-24(26)52-12-8-11-46)41-33(44)35-42-21(5-2)28(54-35)32(39)49/h6-7,13-17,46H,4-5,8-12H2,1-3H3,(H2,37,47)(H2,38,48)(H2,39,49)/b7-6+,43-36?. The number of benzene rings is 2. The lowest BCUT2D eigenvalue weighted by Crippen LogP contribution is -2.17. The van der Waals surface area contributed by atoms with Crippen LogP contribution in [0.3, 0.4) is 0 Å². The zero-order chi connectivity index (χ0) is 39.4. The van der Waals surface area contributed by atoms with E-state index in [1.807, 2.05) is 13.0 Å². The highest BCUT2D eigenvalue weighted by atomic mass is 32.1. The van der Waals surface area contributed by atoms with Gasteiger partial charge in [-0.25, -0.2) is 15.0 Å². The van der Waals surface area contributed by atoms with Gasteiger partial charge < -0.3 is 49.7 Å². The van der Waals surface area contributed by atoms with Crippen molar-refractivity contribution in [1.82, 2.24) is 24.1 Å². The van der Waals surface area contributed by atoms with Crippen molar-refractivity contribution in [2.24, 2.45) is 22.2 Å². The second kappa shape index (κ2) is 16.2. The molecule has 0 unspecified atom stereocenters. The van der Waals surface area contributed by atoms with Gasteiger partial charge in [-0.1, -0.05) is 37.3 Å². The van der Waals surface area contributed by atoms with E-state index in [1.165, 1.54) is 31.7 Å². The lowest BCUT2D eigenvalue weighted by Gasteiger charge is -2.12. The number of carbonyl (C=O) groups is 4. The first-order chi connectivity index (χ1) is 26.5. The molecule has 7 N–H and O–H groups in total. The fourth-order valence-electron chi connectivity index (χ4n) is 5.87. The van der Waals surface area contributed by atoms with E-state index in [-0.39, 0.29) is 71.2 Å². The van der Waals surface area contributed by atoms with Gasteiger partial charge in [0.2, 0.25) is 23.3 Å². The second-order valence-corrected chi connectivity index (χ2v) is 13.0. The zero-order valence-corrected chi connectivity index (χ0v) is 30.8. The van der Waals surface area contributed by atoms with Gasteiger partial charge in [0.15, 0.2) is 17.0 Å². The van der Waals surface area contributed by atoms with Crippen LogP contribution in [-0.2, 0) is 25.9 Å². The molecule has 6 rings (SSSR count). The molecule has 0 atom stereocenters. The summed E-state index contributed by atoms with van der Waals surface area (Å²) in [5, 5.41) is 9.40. The van der Waals surface area contributed by atoms with Crippen LogP contribution in [0.15, 0.2) is 56.6 Å². The van der Waals surface area contributed by atoms with Crippen molar-refractivity contribution in [1.29, 1.82) is 0 Å². The van der Waals surface area contributed by atoms with Crippen LogP contribution in [0, 0.1) is 0 Å². The highest BCUT2D eigenvalue weighted by Crippen LogP contribution is 2.34. The van der Waals surface area contributed by atoms with Gasteiger partial charge in [0.25, 0.3) is 11.8 Å². The Morgan fingerprint density at radius 1 is 0.891 bits per heavy atom. The van der Waals surface area contributed by atoms with Crippen LogP contribution in [-0.4, -0.2) is 73.1 Å². The number of oxazole rings is 2. The van der Waals surface area contributed by atoms with E-state index >= 15 is 0 Å². The summed E-state index contributed by atoms with van der Waals surface area (Å²) in [5.41, 5.74) is 19.3. The number of methoxy groups -OCH3 is 1. The second-order valence-electron chi connectivity index (χ2n) is 11.9. The normalized spacial score (nSPS) is 12.0. The summed E-state index contributed by atoms with van der Waals surface area (Å²) in [4.78, 5) is 68.0. The number of hydrogen-bond donors (Lipinski definition) is 4. The van der Waals surface area contributed by atoms with Crippen LogP contribution in [0.4, 0.5) is 0 Å². The molecule has 4 aromatic heterocycles. The summed E-state index contributed by atoms with van der Waals surface area (Å²) in [7, 11) is 1.45. The molecule has 6 aromatic rings. The molecular formula is C36H37N9O9S. The molecule has 19 heteroatoms. The van der Waals surface area contributed by atoms with E-state index in [4.69, 9.17) is 40.5 Å². The maximum absolute atomic E-state index is 13.3. The van der Waals surface area contributed by atoms with Crippen LogP contribution in [0.1, 0.15) is 73.5 Å². The number of aromatic nitrogens is 5. The first-order valence-corrected chi connectivity index (χ1v) is 17.9. The van der Waals surface area contributed by atoms with E-state index in [0.29, 0.717) is 57.6 Å². The molecule has 2 aromatic carbocycles. The van der Waals surface area contributed by atoms with E-state index in [9.17, 15) is 24.3 Å². The number of thiazole rings is 1. The molecule has 0 spiro atoms. The van der Waals surface area contributed by atoms with Crippen molar-refractivity contribution in [3.63, 3.8) is 0 Å². The van der Waals surface area contributed by atoms with E-state index < -0.39 is 23.6 Å². The topological polar surface area (TPSA) is 272 Å². The minimum absolute atomic E-state index is 0.00356. The van der Waals surface area contributed by atoms with Crippen LogP contribution >= 0.6 is 11.3 Å². The minimum Gasteiger partial charge on any atom is -0.494 e. The number of ether oxygens (including phenoxy) is 2. The van der Waals surface area contributed by atoms with Gasteiger partial charge in [-0.15, -0.1) is 0 Å². The molecule has 0 bridgehead atoms. The Balaban J connectivity index is 1.48. The molecule has 0 aliphatic carbocycles. The number of amides is 4. The van der Waals surface area contributed by atoms with E-state index in [0.717, 1.165) is 11.3 Å². The Labute approximate surface area is 315 Å². The summed E-state index contributed by atoms with van der Waals surface area (Å²) in [5.74, 6) is -2.11. The summed E-state index contributed by atoms with van der Waals surface area (Å²) in [6.07, 6.45) is 5.93. The van der Waals surface area contributed by atoms with Crippen LogP contribution in [0.5, 0.6) is 11.5 Å². The predicted molar refractivity (Wildman–Crippen MR) is 199 cm³/mol. The van der Waals surface area contributed by atoms with Gasteiger partial charge in [-0.2, -0.15) is 4.99 Å². The number of nitrogens with zero attached hydrogens (tertiary/aromatic N) is 6. The average Bonchev–Trinajstić information content (AvgIpc) is 3.96.